The molecule has 0 aliphatic carbocycles. The van der Waals surface area contributed by atoms with Crippen LogP contribution in [0.25, 0.3) is 11.2 Å². The Balaban J connectivity index is 1.91. The topological polar surface area (TPSA) is 140 Å². The van der Waals surface area contributed by atoms with Gasteiger partial charge in [-0.15, -0.1) is 11.3 Å². The van der Waals surface area contributed by atoms with E-state index in [1.54, 1.807) is 4.57 Å². The smallest absolute Gasteiger partial charge is 0.181 e. The maximum absolute atomic E-state index is 10.9. The van der Waals surface area contributed by atoms with Crippen LogP contribution in [0.3, 0.4) is 0 Å². The summed E-state index contributed by atoms with van der Waals surface area (Å²) in [5, 5.41) is 32.7. The molecule has 26 heavy (non-hydrogen) atoms. The van der Waals surface area contributed by atoms with E-state index in [-0.39, 0.29) is 12.2 Å². The second kappa shape index (κ2) is 6.51. The second-order valence-corrected chi connectivity index (χ2v) is 7.89. The summed E-state index contributed by atoms with van der Waals surface area (Å²) in [6.45, 7) is -0.435. The number of rotatable bonds is 4. The standard InChI is InChI=1S/C15H16BrN5O4S/c16-7-1-2-26-9(7)3-15(12(24)11(23)8(4-22)25-15)21-6-20-10-13(17)18-5-19-14(10)21/h1-2,5-6,8,11-12,22-24H,3-4H2,(H2,17,18,19)/t8-,11-,12-,15-/m1/s1. The summed E-state index contributed by atoms with van der Waals surface area (Å²) in [5.41, 5.74) is 5.20. The van der Waals surface area contributed by atoms with Gasteiger partial charge in [-0.05, 0) is 27.4 Å². The average molecular weight is 442 g/mol. The minimum atomic E-state index is -1.41. The minimum absolute atomic E-state index is 0.202. The number of ether oxygens (including phenoxy) is 1. The van der Waals surface area contributed by atoms with Gasteiger partial charge in [-0.2, -0.15) is 0 Å². The largest absolute Gasteiger partial charge is 0.394 e. The lowest BCUT2D eigenvalue weighted by Gasteiger charge is -2.33. The number of nitrogen functional groups attached to an aromatic ring is 1. The molecule has 0 spiro atoms. The highest BCUT2D eigenvalue weighted by Gasteiger charge is 2.56. The second-order valence-electron chi connectivity index (χ2n) is 6.03. The molecule has 0 bridgehead atoms. The molecule has 4 heterocycles. The Bertz CT molecular complexity index is 949. The van der Waals surface area contributed by atoms with Crippen LogP contribution in [0.2, 0.25) is 0 Å². The SMILES string of the molecule is Nc1ncnc2c1ncn2[C@]1(Cc2sccc2Br)O[C@H](CO)[C@@H](O)[C@H]1O. The van der Waals surface area contributed by atoms with Crippen molar-refractivity contribution in [3.63, 3.8) is 0 Å². The number of thiophene rings is 1. The van der Waals surface area contributed by atoms with Crippen molar-refractivity contribution in [1.82, 2.24) is 19.5 Å². The van der Waals surface area contributed by atoms with Crippen molar-refractivity contribution in [2.45, 2.75) is 30.5 Å². The van der Waals surface area contributed by atoms with E-state index < -0.39 is 30.6 Å². The van der Waals surface area contributed by atoms with Gasteiger partial charge < -0.3 is 25.8 Å². The molecule has 4 atom stereocenters. The fourth-order valence-electron chi connectivity index (χ4n) is 3.26. The first-order valence-corrected chi connectivity index (χ1v) is 9.46. The fourth-order valence-corrected chi connectivity index (χ4v) is 4.83. The molecule has 0 amide bonds. The zero-order valence-corrected chi connectivity index (χ0v) is 15.8. The number of anilines is 1. The van der Waals surface area contributed by atoms with Crippen LogP contribution in [-0.4, -0.2) is 59.8 Å². The number of fused-ring (bicyclic) bond motifs is 1. The Kier molecular flexibility index (Phi) is 4.45. The van der Waals surface area contributed by atoms with Crippen LogP contribution in [-0.2, 0) is 16.9 Å². The van der Waals surface area contributed by atoms with Gasteiger partial charge in [0, 0.05) is 15.8 Å². The van der Waals surface area contributed by atoms with Gasteiger partial charge >= 0.3 is 0 Å². The summed E-state index contributed by atoms with van der Waals surface area (Å²) in [4.78, 5) is 13.3. The zero-order chi connectivity index (χ0) is 18.5. The van der Waals surface area contributed by atoms with Crippen LogP contribution in [0.15, 0.2) is 28.6 Å². The molecule has 0 unspecified atom stereocenters. The number of aliphatic hydroxyl groups is 3. The average Bonchev–Trinajstić information content (AvgIpc) is 3.30. The van der Waals surface area contributed by atoms with Crippen molar-refractivity contribution in [3.8, 4) is 0 Å². The molecule has 0 aromatic carbocycles. The molecule has 3 aromatic rings. The molecule has 9 nitrogen and oxygen atoms in total. The quantitative estimate of drug-likeness (QED) is 0.451. The van der Waals surface area contributed by atoms with Crippen LogP contribution in [0.4, 0.5) is 5.82 Å². The highest BCUT2D eigenvalue weighted by atomic mass is 79.9. The molecule has 0 saturated carbocycles. The normalized spacial score (nSPS) is 28.8. The van der Waals surface area contributed by atoms with E-state index in [1.807, 2.05) is 11.4 Å². The molecule has 1 fully saturated rings. The van der Waals surface area contributed by atoms with Gasteiger partial charge in [0.05, 0.1) is 12.9 Å². The molecular weight excluding hydrogens is 426 g/mol. The Morgan fingerprint density at radius 2 is 2.15 bits per heavy atom. The number of nitrogens with zero attached hydrogens (tertiary/aromatic N) is 4. The van der Waals surface area contributed by atoms with Gasteiger partial charge in [-0.25, -0.2) is 15.0 Å². The minimum Gasteiger partial charge on any atom is -0.394 e. The van der Waals surface area contributed by atoms with Crippen LogP contribution in [0, 0.1) is 0 Å². The van der Waals surface area contributed by atoms with Gasteiger partial charge in [-0.3, -0.25) is 4.57 Å². The van der Waals surface area contributed by atoms with Gasteiger partial charge in [-0.1, -0.05) is 0 Å². The van der Waals surface area contributed by atoms with Crippen molar-refractivity contribution < 1.29 is 20.1 Å². The summed E-state index contributed by atoms with van der Waals surface area (Å²) in [6, 6.07) is 1.89. The van der Waals surface area contributed by atoms with Crippen LogP contribution < -0.4 is 5.73 Å². The maximum atomic E-state index is 10.9. The van der Waals surface area contributed by atoms with E-state index in [0.29, 0.717) is 11.2 Å². The van der Waals surface area contributed by atoms with Crippen molar-refractivity contribution in [2.24, 2.45) is 0 Å². The van der Waals surface area contributed by atoms with Crippen LogP contribution in [0.5, 0.6) is 0 Å². The van der Waals surface area contributed by atoms with Crippen molar-refractivity contribution in [3.05, 3.63) is 33.5 Å². The molecule has 138 valence electrons. The number of aliphatic hydroxyl groups excluding tert-OH is 3. The van der Waals surface area contributed by atoms with E-state index in [1.165, 1.54) is 24.0 Å². The van der Waals surface area contributed by atoms with Crippen LogP contribution >= 0.6 is 27.3 Å². The van der Waals surface area contributed by atoms with E-state index in [2.05, 4.69) is 30.9 Å². The van der Waals surface area contributed by atoms with E-state index in [0.717, 1.165) is 9.35 Å². The molecule has 11 heteroatoms. The zero-order valence-electron chi connectivity index (χ0n) is 13.4. The van der Waals surface area contributed by atoms with Gasteiger partial charge in [0.1, 0.15) is 30.2 Å². The number of halogens is 1. The summed E-state index contributed by atoms with van der Waals surface area (Å²) in [6.07, 6.45) is -0.549. The number of hydrogen-bond donors (Lipinski definition) is 4. The highest BCUT2D eigenvalue weighted by molar-refractivity contribution is 9.10. The third kappa shape index (κ3) is 2.54. The maximum Gasteiger partial charge on any atom is 0.181 e. The third-order valence-electron chi connectivity index (χ3n) is 4.58. The molecule has 0 radical (unpaired) electrons. The predicted octanol–water partition coefficient (Wildman–Crippen LogP) is 0.241. The summed E-state index contributed by atoms with van der Waals surface area (Å²) < 4.78 is 8.41. The number of nitrogens with two attached hydrogens (primary N) is 1. The van der Waals surface area contributed by atoms with Gasteiger partial charge in [0.25, 0.3) is 0 Å². The fraction of sp³-hybridized carbons (Fsp3) is 0.400. The third-order valence-corrected chi connectivity index (χ3v) is 6.50. The lowest BCUT2D eigenvalue weighted by atomic mass is 9.98. The number of imidazole rings is 1. The molecule has 1 saturated heterocycles. The van der Waals surface area contributed by atoms with Crippen molar-refractivity contribution in [2.75, 3.05) is 12.3 Å². The first-order valence-electron chi connectivity index (χ1n) is 7.78. The predicted molar refractivity (Wildman–Crippen MR) is 97.4 cm³/mol. The van der Waals surface area contributed by atoms with E-state index in [9.17, 15) is 15.3 Å². The highest BCUT2D eigenvalue weighted by Crippen LogP contribution is 2.42. The lowest BCUT2D eigenvalue weighted by Crippen LogP contribution is -2.47. The van der Waals surface area contributed by atoms with E-state index in [4.69, 9.17) is 10.5 Å². The molecule has 4 rings (SSSR count). The Morgan fingerprint density at radius 1 is 1.35 bits per heavy atom. The monoisotopic (exact) mass is 441 g/mol. The molecule has 1 aliphatic rings. The summed E-state index contributed by atoms with van der Waals surface area (Å²) in [5.74, 6) is 0.202. The van der Waals surface area contributed by atoms with Gasteiger partial charge in [0.2, 0.25) is 0 Å². The van der Waals surface area contributed by atoms with Gasteiger partial charge in [0.15, 0.2) is 17.2 Å². The first-order chi connectivity index (χ1) is 12.5. The molecule has 1 aliphatic heterocycles. The lowest BCUT2D eigenvalue weighted by molar-refractivity contribution is -0.144. The molecule has 3 aromatic heterocycles. The number of hydrogen-bond acceptors (Lipinski definition) is 9. The molecular formula is C15H16BrN5O4S. The Labute approximate surface area is 160 Å². The first kappa shape index (κ1) is 17.8. The van der Waals surface area contributed by atoms with Crippen LogP contribution in [0.1, 0.15) is 4.88 Å². The van der Waals surface area contributed by atoms with Crippen molar-refractivity contribution >= 4 is 44.2 Å². The van der Waals surface area contributed by atoms with Crippen molar-refractivity contribution in [1.29, 1.82) is 0 Å². The molecule has 5 N–H and O–H groups in total. The Morgan fingerprint density at radius 3 is 2.81 bits per heavy atom. The summed E-state index contributed by atoms with van der Waals surface area (Å²) >= 11 is 4.96. The van der Waals surface area contributed by atoms with E-state index >= 15 is 0 Å². The number of aromatic nitrogens is 4. The Hall–Kier alpha value is -1.63. The summed E-state index contributed by atoms with van der Waals surface area (Å²) in [7, 11) is 0.